The van der Waals surface area contributed by atoms with Crippen LogP contribution in [0.25, 0.3) is 0 Å². The van der Waals surface area contributed by atoms with Gasteiger partial charge in [0.05, 0.1) is 6.61 Å². The zero-order chi connectivity index (χ0) is 11.0. The summed E-state index contributed by atoms with van der Waals surface area (Å²) in [4.78, 5) is 11.6. The third-order valence-corrected chi connectivity index (χ3v) is 2.18. The smallest absolute Gasteiger partial charge is 0.161 e. The van der Waals surface area contributed by atoms with Gasteiger partial charge in [-0.15, -0.1) is 0 Å². The van der Waals surface area contributed by atoms with Gasteiger partial charge in [0, 0.05) is 5.92 Å². The van der Waals surface area contributed by atoms with Gasteiger partial charge in [-0.05, 0) is 19.8 Å². The molecule has 1 atom stereocenters. The highest BCUT2D eigenvalue weighted by Crippen LogP contribution is 2.12. The van der Waals surface area contributed by atoms with Gasteiger partial charge < -0.3 is 4.74 Å². The van der Waals surface area contributed by atoms with Crippen molar-refractivity contribution in [1.29, 1.82) is 0 Å². The number of hydrogen-bond donors (Lipinski definition) is 0. The first-order valence-corrected chi connectivity index (χ1v) is 5.36. The minimum absolute atomic E-state index is 0.185. The van der Waals surface area contributed by atoms with E-state index in [9.17, 15) is 4.79 Å². The van der Waals surface area contributed by atoms with Crippen LogP contribution in [0.2, 0.25) is 0 Å². The largest absolute Gasteiger partial charge is 0.369 e. The number of ether oxygens (including phenoxy) is 1. The van der Waals surface area contributed by atoms with Crippen LogP contribution < -0.4 is 0 Å². The molecule has 0 amide bonds. The normalized spacial score (nSPS) is 12.5. The summed E-state index contributed by atoms with van der Waals surface area (Å²) >= 11 is 0. The quantitative estimate of drug-likeness (QED) is 0.560. The highest BCUT2D eigenvalue weighted by molar-refractivity contribution is 5.82. The lowest BCUT2D eigenvalue weighted by Crippen LogP contribution is -2.19. The molecule has 0 fully saturated rings. The molecule has 0 aliphatic heterocycles. The predicted octanol–water partition coefficient (Wildman–Crippen LogP) is 2.97. The van der Waals surface area contributed by atoms with Crippen LogP contribution in [0.1, 0.15) is 40.0 Å². The van der Waals surface area contributed by atoms with Crippen LogP contribution in [0.5, 0.6) is 0 Å². The highest BCUT2D eigenvalue weighted by Gasteiger charge is 2.14. The number of carbonyl (C=O) groups is 1. The fraction of sp³-hybridized carbons (Fsp3) is 0.750. The van der Waals surface area contributed by atoms with Crippen LogP contribution in [0.15, 0.2) is 12.2 Å². The van der Waals surface area contributed by atoms with Crippen molar-refractivity contribution in [1.82, 2.24) is 0 Å². The predicted molar refractivity (Wildman–Crippen MR) is 59.3 cm³/mol. The summed E-state index contributed by atoms with van der Waals surface area (Å²) in [5.41, 5.74) is 0.960. The topological polar surface area (TPSA) is 26.3 Å². The van der Waals surface area contributed by atoms with E-state index in [0.29, 0.717) is 6.61 Å². The molecular weight excluding hydrogens is 176 g/mol. The first-order chi connectivity index (χ1) is 6.61. The van der Waals surface area contributed by atoms with Gasteiger partial charge >= 0.3 is 0 Å². The molecule has 0 aliphatic rings. The van der Waals surface area contributed by atoms with Crippen LogP contribution in [-0.4, -0.2) is 19.0 Å². The monoisotopic (exact) mass is 198 g/mol. The summed E-state index contributed by atoms with van der Waals surface area (Å²) in [6, 6.07) is 0. The molecule has 82 valence electrons. The Balaban J connectivity index is 3.74. The fourth-order valence-electron chi connectivity index (χ4n) is 1.38. The van der Waals surface area contributed by atoms with Gasteiger partial charge in [0.15, 0.2) is 5.78 Å². The summed E-state index contributed by atoms with van der Waals surface area (Å²) in [6.07, 6.45) is 2.96. The first kappa shape index (κ1) is 13.4. The first-order valence-electron chi connectivity index (χ1n) is 5.36. The van der Waals surface area contributed by atoms with Crippen LogP contribution in [0.3, 0.4) is 0 Å². The Bertz CT molecular complexity index is 185. The summed E-state index contributed by atoms with van der Waals surface area (Å²) in [5, 5.41) is 0. The number of carbonyl (C=O) groups excluding carboxylic acids is 1. The Labute approximate surface area is 87.3 Å². The van der Waals surface area contributed by atoms with Gasteiger partial charge in [0.25, 0.3) is 0 Å². The molecule has 0 aromatic rings. The molecule has 0 aliphatic carbocycles. The fourth-order valence-corrected chi connectivity index (χ4v) is 1.38. The summed E-state index contributed by atoms with van der Waals surface area (Å²) in [6.45, 7) is 10.5. The van der Waals surface area contributed by atoms with Crippen molar-refractivity contribution in [3.05, 3.63) is 12.2 Å². The van der Waals surface area contributed by atoms with Crippen molar-refractivity contribution >= 4 is 5.78 Å². The van der Waals surface area contributed by atoms with Crippen LogP contribution in [-0.2, 0) is 9.53 Å². The van der Waals surface area contributed by atoms with E-state index in [1.165, 1.54) is 0 Å². The van der Waals surface area contributed by atoms with E-state index >= 15 is 0 Å². The minimum atomic E-state index is 0.185. The molecule has 0 N–H and O–H groups in total. The molecule has 0 radical (unpaired) electrons. The zero-order valence-electron chi connectivity index (χ0n) is 9.64. The lowest BCUT2D eigenvalue weighted by atomic mass is 9.96. The van der Waals surface area contributed by atoms with E-state index in [2.05, 4.69) is 20.4 Å². The van der Waals surface area contributed by atoms with Crippen molar-refractivity contribution < 1.29 is 9.53 Å². The van der Waals surface area contributed by atoms with Crippen molar-refractivity contribution in [3.63, 3.8) is 0 Å². The molecular formula is C12H22O2. The van der Waals surface area contributed by atoms with Gasteiger partial charge in [-0.2, -0.15) is 0 Å². The Morgan fingerprint density at radius 2 is 2.00 bits per heavy atom. The Morgan fingerprint density at radius 3 is 2.43 bits per heavy atom. The zero-order valence-corrected chi connectivity index (χ0v) is 9.64. The maximum atomic E-state index is 11.6. The van der Waals surface area contributed by atoms with Crippen molar-refractivity contribution in [2.45, 2.75) is 40.0 Å². The van der Waals surface area contributed by atoms with Crippen LogP contribution >= 0.6 is 0 Å². The number of Topliss-reactive ketones (excluding diaryl/α,β-unsaturated/α-hetero) is 1. The Morgan fingerprint density at radius 1 is 1.36 bits per heavy atom. The average molecular weight is 198 g/mol. The lowest BCUT2D eigenvalue weighted by molar-refractivity contribution is -0.127. The van der Waals surface area contributed by atoms with Gasteiger partial charge in [-0.3, -0.25) is 4.79 Å². The standard InChI is InChI=1S/C12H22O2/c1-5-7-11(6-2)12(13)9-14-8-10(3)4/h11H,3,5-9H2,1-2,4H3. The molecule has 0 saturated carbocycles. The number of rotatable bonds is 8. The van der Waals surface area contributed by atoms with E-state index in [1.54, 1.807) is 0 Å². The molecule has 0 aromatic heterocycles. The van der Waals surface area contributed by atoms with Gasteiger partial charge in [0.1, 0.15) is 6.61 Å². The third kappa shape index (κ3) is 5.92. The van der Waals surface area contributed by atoms with Gasteiger partial charge in [-0.25, -0.2) is 0 Å². The summed E-state index contributed by atoms with van der Waals surface area (Å²) < 4.78 is 5.24. The van der Waals surface area contributed by atoms with E-state index in [0.717, 1.165) is 24.8 Å². The van der Waals surface area contributed by atoms with E-state index < -0.39 is 0 Å². The molecule has 2 nitrogen and oxygen atoms in total. The molecule has 14 heavy (non-hydrogen) atoms. The third-order valence-electron chi connectivity index (χ3n) is 2.18. The van der Waals surface area contributed by atoms with E-state index in [-0.39, 0.29) is 18.3 Å². The van der Waals surface area contributed by atoms with Gasteiger partial charge in [-0.1, -0.05) is 32.4 Å². The number of ketones is 1. The molecule has 2 heteroatoms. The maximum absolute atomic E-state index is 11.6. The second kappa shape index (κ2) is 7.74. The number of hydrogen-bond acceptors (Lipinski definition) is 2. The molecule has 1 unspecified atom stereocenters. The lowest BCUT2D eigenvalue weighted by Gasteiger charge is -2.12. The minimum Gasteiger partial charge on any atom is -0.369 e. The van der Waals surface area contributed by atoms with Crippen molar-refractivity contribution in [2.75, 3.05) is 13.2 Å². The SMILES string of the molecule is C=C(C)COCC(=O)C(CC)CCC. The van der Waals surface area contributed by atoms with Gasteiger partial charge in [0.2, 0.25) is 0 Å². The van der Waals surface area contributed by atoms with Crippen LogP contribution in [0, 0.1) is 5.92 Å². The summed E-state index contributed by atoms with van der Waals surface area (Å²) in [7, 11) is 0. The molecule has 0 bridgehead atoms. The summed E-state index contributed by atoms with van der Waals surface area (Å²) in [5.74, 6) is 0.417. The molecule has 0 saturated heterocycles. The second-order valence-electron chi connectivity index (χ2n) is 3.81. The van der Waals surface area contributed by atoms with Crippen molar-refractivity contribution in [2.24, 2.45) is 5.92 Å². The van der Waals surface area contributed by atoms with Crippen molar-refractivity contribution in [3.8, 4) is 0 Å². The maximum Gasteiger partial charge on any atom is 0.161 e. The molecule has 0 spiro atoms. The molecule has 0 rings (SSSR count). The van der Waals surface area contributed by atoms with E-state index in [4.69, 9.17) is 4.74 Å². The average Bonchev–Trinajstić information content (AvgIpc) is 2.13. The Hall–Kier alpha value is -0.630. The van der Waals surface area contributed by atoms with Crippen LogP contribution in [0.4, 0.5) is 0 Å². The Kier molecular flexibility index (Phi) is 7.40. The molecule has 0 aromatic carbocycles. The molecule has 0 heterocycles. The second-order valence-corrected chi connectivity index (χ2v) is 3.81. The highest BCUT2D eigenvalue weighted by atomic mass is 16.5. The van der Waals surface area contributed by atoms with E-state index in [1.807, 2.05) is 6.92 Å².